The van der Waals surface area contributed by atoms with Gasteiger partial charge in [-0.15, -0.1) is 0 Å². The molecule has 0 unspecified atom stereocenters. The number of hydrogen-bond acceptors (Lipinski definition) is 4. The van der Waals surface area contributed by atoms with E-state index in [-0.39, 0.29) is 19.1 Å². The number of amides is 3. The van der Waals surface area contributed by atoms with Crippen LogP contribution in [0.3, 0.4) is 0 Å². The molecule has 142 valence electrons. The van der Waals surface area contributed by atoms with Gasteiger partial charge in [0.25, 0.3) is 5.91 Å². The lowest BCUT2D eigenvalue weighted by atomic mass is 9.92. The molecule has 3 rings (SSSR count). The van der Waals surface area contributed by atoms with Crippen molar-refractivity contribution in [3.05, 3.63) is 59.1 Å². The SMILES string of the molecule is CCOc1ccc(OCCN2C(=O)N[C@@](C)(c3ccc(Cl)cc3)C2=O)cc1. The van der Waals surface area contributed by atoms with Gasteiger partial charge >= 0.3 is 6.03 Å². The van der Waals surface area contributed by atoms with Crippen molar-refractivity contribution in [3.63, 3.8) is 0 Å². The fourth-order valence-corrected chi connectivity index (χ4v) is 3.06. The standard InChI is InChI=1S/C20H21ClN2O4/c1-3-26-16-8-10-17(11-9-16)27-13-12-23-18(24)20(2,22-19(23)25)14-4-6-15(21)7-5-14/h4-11H,3,12-13H2,1-2H3,(H,22,25)/t20-/m0/s1. The Morgan fingerprint density at radius 3 is 2.19 bits per heavy atom. The van der Waals surface area contributed by atoms with Crippen LogP contribution in [0.5, 0.6) is 11.5 Å². The fraction of sp³-hybridized carbons (Fsp3) is 0.300. The van der Waals surface area contributed by atoms with Gasteiger partial charge in [0, 0.05) is 5.02 Å². The molecule has 6 nitrogen and oxygen atoms in total. The summed E-state index contributed by atoms with van der Waals surface area (Å²) >= 11 is 5.90. The van der Waals surface area contributed by atoms with Crippen molar-refractivity contribution in [2.45, 2.75) is 19.4 Å². The van der Waals surface area contributed by atoms with Crippen LogP contribution in [0.25, 0.3) is 0 Å². The van der Waals surface area contributed by atoms with Crippen LogP contribution in [0.2, 0.25) is 5.02 Å². The summed E-state index contributed by atoms with van der Waals surface area (Å²) in [4.78, 5) is 26.3. The Balaban J connectivity index is 1.61. The molecule has 3 amide bonds. The summed E-state index contributed by atoms with van der Waals surface area (Å²) in [5, 5.41) is 3.33. The average molecular weight is 389 g/mol. The monoisotopic (exact) mass is 388 g/mol. The van der Waals surface area contributed by atoms with Crippen molar-refractivity contribution < 1.29 is 19.1 Å². The van der Waals surface area contributed by atoms with Gasteiger partial charge in [-0.05, 0) is 55.8 Å². The molecule has 1 fully saturated rings. The first-order valence-corrected chi connectivity index (χ1v) is 9.07. The number of carbonyl (C=O) groups is 2. The summed E-state index contributed by atoms with van der Waals surface area (Å²) in [7, 11) is 0. The van der Waals surface area contributed by atoms with E-state index in [1.54, 1.807) is 43.3 Å². The Kier molecular flexibility index (Phi) is 5.56. The maximum atomic E-state index is 12.8. The Bertz CT molecular complexity index is 823. The van der Waals surface area contributed by atoms with Gasteiger partial charge in [0.2, 0.25) is 0 Å². The minimum atomic E-state index is -1.11. The number of nitrogens with one attached hydrogen (secondary N) is 1. The number of benzene rings is 2. The molecule has 1 atom stereocenters. The van der Waals surface area contributed by atoms with E-state index in [0.717, 1.165) is 5.75 Å². The van der Waals surface area contributed by atoms with E-state index in [1.807, 2.05) is 19.1 Å². The minimum Gasteiger partial charge on any atom is -0.494 e. The zero-order chi connectivity index (χ0) is 19.4. The summed E-state index contributed by atoms with van der Waals surface area (Å²) in [6, 6.07) is 13.6. The molecule has 0 spiro atoms. The van der Waals surface area contributed by atoms with E-state index in [2.05, 4.69) is 5.32 Å². The van der Waals surface area contributed by atoms with Crippen molar-refractivity contribution in [3.8, 4) is 11.5 Å². The van der Waals surface area contributed by atoms with Gasteiger partial charge in [0.1, 0.15) is 23.6 Å². The molecule has 0 radical (unpaired) electrons. The van der Waals surface area contributed by atoms with E-state index in [4.69, 9.17) is 21.1 Å². The lowest BCUT2D eigenvalue weighted by molar-refractivity contribution is -0.131. The molecule has 0 bridgehead atoms. The Hall–Kier alpha value is -2.73. The van der Waals surface area contributed by atoms with Crippen LogP contribution in [-0.2, 0) is 10.3 Å². The zero-order valence-corrected chi connectivity index (χ0v) is 16.0. The first kappa shape index (κ1) is 19.0. The second-order valence-electron chi connectivity index (χ2n) is 6.27. The minimum absolute atomic E-state index is 0.154. The highest BCUT2D eigenvalue weighted by molar-refractivity contribution is 6.30. The molecule has 1 saturated heterocycles. The van der Waals surface area contributed by atoms with Gasteiger partial charge in [-0.25, -0.2) is 4.79 Å². The third-order valence-corrected chi connectivity index (χ3v) is 4.67. The second kappa shape index (κ2) is 7.88. The molecule has 0 aliphatic carbocycles. The molecule has 1 N–H and O–H groups in total. The maximum absolute atomic E-state index is 12.8. The first-order chi connectivity index (χ1) is 12.9. The third-order valence-electron chi connectivity index (χ3n) is 4.41. The molecule has 27 heavy (non-hydrogen) atoms. The quantitative estimate of drug-likeness (QED) is 0.736. The number of urea groups is 1. The van der Waals surface area contributed by atoms with Crippen LogP contribution in [0, 0.1) is 0 Å². The number of rotatable bonds is 7. The molecule has 1 aliphatic rings. The highest BCUT2D eigenvalue weighted by Crippen LogP contribution is 2.29. The van der Waals surface area contributed by atoms with Crippen molar-refractivity contribution >= 4 is 23.5 Å². The number of nitrogens with zero attached hydrogens (tertiary/aromatic N) is 1. The Labute approximate surface area is 163 Å². The van der Waals surface area contributed by atoms with E-state index < -0.39 is 11.6 Å². The second-order valence-corrected chi connectivity index (χ2v) is 6.71. The molecule has 2 aromatic carbocycles. The van der Waals surface area contributed by atoms with E-state index >= 15 is 0 Å². The number of halogens is 1. The molecule has 1 heterocycles. The Morgan fingerprint density at radius 2 is 1.59 bits per heavy atom. The van der Waals surface area contributed by atoms with E-state index in [1.165, 1.54) is 4.90 Å². The zero-order valence-electron chi connectivity index (χ0n) is 15.2. The van der Waals surface area contributed by atoms with Crippen LogP contribution in [0.1, 0.15) is 19.4 Å². The summed E-state index contributed by atoms with van der Waals surface area (Å²) < 4.78 is 11.0. The fourth-order valence-electron chi connectivity index (χ4n) is 2.93. The van der Waals surface area contributed by atoms with Crippen LogP contribution >= 0.6 is 11.6 Å². The number of carbonyl (C=O) groups excluding carboxylic acids is 2. The highest BCUT2D eigenvalue weighted by atomic mass is 35.5. The lowest BCUT2D eigenvalue weighted by Crippen LogP contribution is -2.41. The van der Waals surface area contributed by atoms with Gasteiger partial charge < -0.3 is 14.8 Å². The number of ether oxygens (including phenoxy) is 2. The lowest BCUT2D eigenvalue weighted by Gasteiger charge is -2.22. The van der Waals surface area contributed by atoms with Gasteiger partial charge in [-0.2, -0.15) is 0 Å². The topological polar surface area (TPSA) is 67.9 Å². The molecule has 7 heteroatoms. The van der Waals surface area contributed by atoms with E-state index in [0.29, 0.717) is 22.9 Å². The van der Waals surface area contributed by atoms with Crippen molar-refractivity contribution in [1.29, 1.82) is 0 Å². The van der Waals surface area contributed by atoms with Gasteiger partial charge in [-0.3, -0.25) is 9.69 Å². The maximum Gasteiger partial charge on any atom is 0.325 e. The number of hydrogen-bond donors (Lipinski definition) is 1. The molecule has 1 aliphatic heterocycles. The number of imide groups is 1. The Morgan fingerprint density at radius 1 is 1.00 bits per heavy atom. The van der Waals surface area contributed by atoms with Crippen LogP contribution in [0.15, 0.2) is 48.5 Å². The summed E-state index contributed by atoms with van der Waals surface area (Å²) in [6.45, 7) is 4.55. The third kappa shape index (κ3) is 4.01. The summed E-state index contributed by atoms with van der Waals surface area (Å²) in [5.74, 6) is 1.09. The molecule has 0 saturated carbocycles. The largest absolute Gasteiger partial charge is 0.494 e. The smallest absolute Gasteiger partial charge is 0.325 e. The average Bonchev–Trinajstić information content (AvgIpc) is 2.88. The van der Waals surface area contributed by atoms with Crippen LogP contribution < -0.4 is 14.8 Å². The molecule has 0 aromatic heterocycles. The van der Waals surface area contributed by atoms with Crippen molar-refractivity contribution in [2.75, 3.05) is 19.8 Å². The van der Waals surface area contributed by atoms with E-state index in [9.17, 15) is 9.59 Å². The van der Waals surface area contributed by atoms with Crippen LogP contribution in [0.4, 0.5) is 4.79 Å². The van der Waals surface area contributed by atoms with Gasteiger partial charge in [0.15, 0.2) is 0 Å². The molecule has 2 aromatic rings. The van der Waals surface area contributed by atoms with Crippen LogP contribution in [-0.4, -0.2) is 36.6 Å². The summed E-state index contributed by atoms with van der Waals surface area (Å²) in [5.41, 5.74) is -0.430. The van der Waals surface area contributed by atoms with Crippen molar-refractivity contribution in [2.24, 2.45) is 0 Å². The molecular formula is C20H21ClN2O4. The highest BCUT2D eigenvalue weighted by Gasteiger charge is 2.48. The normalized spacial score (nSPS) is 19.1. The first-order valence-electron chi connectivity index (χ1n) is 8.70. The molecular weight excluding hydrogens is 368 g/mol. The van der Waals surface area contributed by atoms with Gasteiger partial charge in [-0.1, -0.05) is 23.7 Å². The summed E-state index contributed by atoms with van der Waals surface area (Å²) in [6.07, 6.45) is 0. The van der Waals surface area contributed by atoms with Crippen molar-refractivity contribution in [1.82, 2.24) is 10.2 Å². The van der Waals surface area contributed by atoms with Gasteiger partial charge in [0.05, 0.1) is 13.2 Å². The predicted molar refractivity (Wildman–Crippen MR) is 102 cm³/mol. The predicted octanol–water partition coefficient (Wildman–Crippen LogP) is 3.58.